The van der Waals surface area contributed by atoms with Crippen LogP contribution in [0.3, 0.4) is 0 Å². The Kier molecular flexibility index (Phi) is 5.75. The molecule has 8 heteroatoms. The SMILES string of the molecule is CCn1c(S[C@@H](C)C(=O)NC(=O)OC)nnc1-c1ccccc1. The quantitative estimate of drug-likeness (QED) is 0.845. The van der Waals surface area contributed by atoms with Gasteiger partial charge in [-0.3, -0.25) is 10.1 Å². The number of carbonyl (C=O) groups is 2. The Labute approximate surface area is 138 Å². The van der Waals surface area contributed by atoms with Gasteiger partial charge in [0, 0.05) is 12.1 Å². The molecular formula is C15H18N4O3S. The van der Waals surface area contributed by atoms with E-state index in [1.54, 1.807) is 6.92 Å². The molecule has 0 bridgehead atoms. The van der Waals surface area contributed by atoms with Crippen molar-refractivity contribution in [1.82, 2.24) is 20.1 Å². The fraction of sp³-hybridized carbons (Fsp3) is 0.333. The zero-order valence-electron chi connectivity index (χ0n) is 13.1. The number of ether oxygens (including phenoxy) is 1. The monoisotopic (exact) mass is 334 g/mol. The summed E-state index contributed by atoms with van der Waals surface area (Å²) in [6, 6.07) is 9.72. The number of nitrogens with zero attached hydrogens (tertiary/aromatic N) is 3. The largest absolute Gasteiger partial charge is 0.453 e. The van der Waals surface area contributed by atoms with Crippen LogP contribution in [0.1, 0.15) is 13.8 Å². The van der Waals surface area contributed by atoms with Crippen LogP contribution in [0.25, 0.3) is 11.4 Å². The molecule has 0 aliphatic carbocycles. The van der Waals surface area contributed by atoms with Crippen molar-refractivity contribution >= 4 is 23.8 Å². The maximum atomic E-state index is 11.9. The third-order valence-corrected chi connectivity index (χ3v) is 4.21. The number of carbonyl (C=O) groups excluding carboxylic acids is 2. The van der Waals surface area contributed by atoms with Crippen LogP contribution >= 0.6 is 11.8 Å². The van der Waals surface area contributed by atoms with Crippen molar-refractivity contribution in [2.45, 2.75) is 30.8 Å². The standard InChI is InChI=1S/C15H18N4O3S/c1-4-19-12(11-8-6-5-7-9-11)17-18-14(19)23-10(2)13(20)16-15(21)22-3/h5-10H,4H2,1-3H3,(H,16,20,21)/t10-/m0/s1. The van der Waals surface area contributed by atoms with Gasteiger partial charge in [0.05, 0.1) is 12.4 Å². The number of hydrogen-bond donors (Lipinski definition) is 1. The fourth-order valence-electron chi connectivity index (χ4n) is 1.93. The Morgan fingerprint density at radius 2 is 2.00 bits per heavy atom. The van der Waals surface area contributed by atoms with Gasteiger partial charge in [0.1, 0.15) is 0 Å². The first-order valence-corrected chi connectivity index (χ1v) is 7.98. The summed E-state index contributed by atoms with van der Waals surface area (Å²) < 4.78 is 6.35. The summed E-state index contributed by atoms with van der Waals surface area (Å²) in [7, 11) is 1.21. The van der Waals surface area contributed by atoms with E-state index in [9.17, 15) is 9.59 Å². The number of rotatable bonds is 5. The molecule has 1 aromatic heterocycles. The highest BCUT2D eigenvalue weighted by Gasteiger charge is 2.21. The molecule has 2 aromatic rings. The maximum absolute atomic E-state index is 11.9. The van der Waals surface area contributed by atoms with Gasteiger partial charge in [-0.25, -0.2) is 4.79 Å². The van der Waals surface area contributed by atoms with Crippen molar-refractivity contribution in [3.63, 3.8) is 0 Å². The van der Waals surface area contributed by atoms with E-state index in [1.165, 1.54) is 18.9 Å². The molecule has 1 N–H and O–H groups in total. The van der Waals surface area contributed by atoms with Gasteiger partial charge in [0.2, 0.25) is 5.91 Å². The second-order valence-corrected chi connectivity index (χ2v) is 5.97. The molecule has 0 aliphatic rings. The van der Waals surface area contributed by atoms with E-state index in [2.05, 4.69) is 20.3 Å². The predicted molar refractivity (Wildman–Crippen MR) is 87.0 cm³/mol. The Bertz CT molecular complexity index is 687. The minimum Gasteiger partial charge on any atom is -0.453 e. The molecule has 122 valence electrons. The van der Waals surface area contributed by atoms with Gasteiger partial charge in [-0.2, -0.15) is 0 Å². The first kappa shape index (κ1) is 17.0. The molecule has 2 amide bonds. The topological polar surface area (TPSA) is 86.1 Å². The molecular weight excluding hydrogens is 316 g/mol. The van der Waals surface area contributed by atoms with Crippen molar-refractivity contribution in [3.05, 3.63) is 30.3 Å². The van der Waals surface area contributed by atoms with Gasteiger partial charge >= 0.3 is 6.09 Å². The number of aromatic nitrogens is 3. The number of nitrogens with one attached hydrogen (secondary N) is 1. The van der Waals surface area contributed by atoms with Gasteiger partial charge in [0.15, 0.2) is 11.0 Å². The van der Waals surface area contributed by atoms with E-state index >= 15 is 0 Å². The van der Waals surface area contributed by atoms with Crippen LogP contribution in [0.5, 0.6) is 0 Å². The van der Waals surface area contributed by atoms with Gasteiger partial charge in [-0.05, 0) is 13.8 Å². The molecule has 2 rings (SSSR count). The molecule has 0 spiro atoms. The Balaban J connectivity index is 2.16. The van der Waals surface area contributed by atoms with Crippen LogP contribution in [-0.2, 0) is 16.1 Å². The zero-order valence-corrected chi connectivity index (χ0v) is 14.0. The summed E-state index contributed by atoms with van der Waals surface area (Å²) in [6.07, 6.45) is -0.774. The van der Waals surface area contributed by atoms with E-state index in [0.717, 1.165) is 11.4 Å². The Hall–Kier alpha value is -2.35. The maximum Gasteiger partial charge on any atom is 0.413 e. The van der Waals surface area contributed by atoms with Crippen molar-refractivity contribution in [2.24, 2.45) is 0 Å². The zero-order chi connectivity index (χ0) is 16.8. The summed E-state index contributed by atoms with van der Waals surface area (Å²) >= 11 is 1.24. The molecule has 0 saturated heterocycles. The van der Waals surface area contributed by atoms with Crippen molar-refractivity contribution < 1.29 is 14.3 Å². The second-order valence-electron chi connectivity index (χ2n) is 4.66. The minimum absolute atomic E-state index is 0.436. The lowest BCUT2D eigenvalue weighted by Crippen LogP contribution is -2.36. The number of alkyl carbamates (subject to hydrolysis) is 1. The molecule has 0 radical (unpaired) electrons. The van der Waals surface area contributed by atoms with Crippen molar-refractivity contribution in [1.29, 1.82) is 0 Å². The average Bonchev–Trinajstić information content (AvgIpc) is 2.97. The molecule has 1 aromatic carbocycles. The molecule has 0 aliphatic heterocycles. The molecule has 23 heavy (non-hydrogen) atoms. The van der Waals surface area contributed by atoms with Gasteiger partial charge < -0.3 is 9.30 Å². The molecule has 0 unspecified atom stereocenters. The fourth-order valence-corrected chi connectivity index (χ4v) is 2.84. The summed E-state index contributed by atoms with van der Waals surface area (Å²) in [5.41, 5.74) is 0.959. The average molecular weight is 334 g/mol. The van der Waals surface area contributed by atoms with E-state index in [-0.39, 0.29) is 0 Å². The van der Waals surface area contributed by atoms with Gasteiger partial charge in [-0.15, -0.1) is 10.2 Å². The minimum atomic E-state index is -0.774. The summed E-state index contributed by atoms with van der Waals surface area (Å²) in [6.45, 7) is 4.35. The Morgan fingerprint density at radius 3 is 2.61 bits per heavy atom. The number of imide groups is 1. The number of amides is 2. The van der Waals surface area contributed by atoms with Crippen molar-refractivity contribution in [2.75, 3.05) is 7.11 Å². The molecule has 1 atom stereocenters. The van der Waals surface area contributed by atoms with Crippen LogP contribution in [0, 0.1) is 0 Å². The highest BCUT2D eigenvalue weighted by atomic mass is 32.2. The van der Waals surface area contributed by atoms with E-state index < -0.39 is 17.3 Å². The number of methoxy groups -OCH3 is 1. The second kappa shape index (κ2) is 7.77. The highest BCUT2D eigenvalue weighted by Crippen LogP contribution is 2.26. The number of hydrogen-bond acceptors (Lipinski definition) is 6. The van der Waals surface area contributed by atoms with E-state index in [0.29, 0.717) is 11.7 Å². The molecule has 7 nitrogen and oxygen atoms in total. The van der Waals surface area contributed by atoms with Crippen LogP contribution in [0.4, 0.5) is 4.79 Å². The Morgan fingerprint density at radius 1 is 1.30 bits per heavy atom. The molecule has 1 heterocycles. The molecule has 0 saturated carbocycles. The first-order chi connectivity index (χ1) is 11.1. The molecule has 0 fully saturated rings. The number of thioether (sulfide) groups is 1. The van der Waals surface area contributed by atoms with Crippen molar-refractivity contribution in [3.8, 4) is 11.4 Å². The van der Waals surface area contributed by atoms with Crippen LogP contribution < -0.4 is 5.32 Å². The third kappa shape index (κ3) is 4.10. The number of benzene rings is 1. The summed E-state index contributed by atoms with van der Waals surface area (Å²) in [5.74, 6) is 0.310. The smallest absolute Gasteiger partial charge is 0.413 e. The predicted octanol–water partition coefficient (Wildman–Crippen LogP) is 2.33. The first-order valence-electron chi connectivity index (χ1n) is 7.10. The third-order valence-electron chi connectivity index (χ3n) is 3.13. The van der Waals surface area contributed by atoms with Crippen LogP contribution in [0.15, 0.2) is 35.5 Å². The lowest BCUT2D eigenvalue weighted by Gasteiger charge is -2.11. The summed E-state index contributed by atoms with van der Waals surface area (Å²) in [4.78, 5) is 23.0. The van der Waals surface area contributed by atoms with Gasteiger partial charge in [0.25, 0.3) is 0 Å². The van der Waals surface area contributed by atoms with E-state index in [1.807, 2.05) is 41.8 Å². The van der Waals surface area contributed by atoms with E-state index in [4.69, 9.17) is 0 Å². The van der Waals surface area contributed by atoms with Crippen LogP contribution in [-0.4, -0.2) is 39.1 Å². The van der Waals surface area contributed by atoms with Crippen LogP contribution in [0.2, 0.25) is 0 Å². The lowest BCUT2D eigenvalue weighted by atomic mass is 10.2. The lowest BCUT2D eigenvalue weighted by molar-refractivity contribution is -0.119. The van der Waals surface area contributed by atoms with Gasteiger partial charge in [-0.1, -0.05) is 42.1 Å². The normalized spacial score (nSPS) is 11.8. The highest BCUT2D eigenvalue weighted by molar-refractivity contribution is 8.00. The summed E-state index contributed by atoms with van der Waals surface area (Å²) in [5, 5.41) is 10.6.